The van der Waals surface area contributed by atoms with Crippen molar-refractivity contribution in [3.8, 4) is 6.07 Å². The predicted molar refractivity (Wildman–Crippen MR) is 85.5 cm³/mol. The number of allylic oxidation sites excluding steroid dienone is 1. The molecule has 1 aliphatic heterocycles. The van der Waals surface area contributed by atoms with Crippen LogP contribution in [0.15, 0.2) is 30.5 Å². The van der Waals surface area contributed by atoms with Gasteiger partial charge in [0.15, 0.2) is 0 Å². The number of nitriles is 1. The van der Waals surface area contributed by atoms with Crippen LogP contribution in [0.25, 0.3) is 5.57 Å². The van der Waals surface area contributed by atoms with Crippen LogP contribution in [0.3, 0.4) is 0 Å². The van der Waals surface area contributed by atoms with Crippen LogP contribution in [-0.4, -0.2) is 32.1 Å². The van der Waals surface area contributed by atoms with E-state index in [1.165, 1.54) is 17.1 Å². The van der Waals surface area contributed by atoms with E-state index in [1.807, 2.05) is 41.7 Å². The standard InChI is InChI=1S/C13H12N6S2/c14-7-10(12-16-18-19-17-12)8-15-11-3-1-2-9(6-11)13-20-4-5-21-13/h1-3,6,8,13,15H,4-5H2,(H,16,17,18,19). The number of hydrogen-bond acceptors (Lipinski definition) is 7. The van der Waals surface area contributed by atoms with E-state index in [9.17, 15) is 0 Å². The average Bonchev–Trinajstić information content (AvgIpc) is 3.22. The van der Waals surface area contributed by atoms with E-state index in [2.05, 4.69) is 38.1 Å². The van der Waals surface area contributed by atoms with Crippen molar-refractivity contribution in [1.82, 2.24) is 20.6 Å². The SMILES string of the molecule is N#CC(=CNc1cccc(C2SCCS2)c1)c1nn[nH]n1. The highest BCUT2D eigenvalue weighted by Crippen LogP contribution is 2.45. The third kappa shape index (κ3) is 3.37. The van der Waals surface area contributed by atoms with Crippen molar-refractivity contribution >= 4 is 34.8 Å². The molecule has 0 saturated carbocycles. The Hall–Kier alpha value is -1.98. The second kappa shape index (κ2) is 6.65. The lowest BCUT2D eigenvalue weighted by molar-refractivity contribution is 0.881. The number of aromatic nitrogens is 4. The molecule has 2 aromatic rings. The molecule has 0 radical (unpaired) electrons. The van der Waals surface area contributed by atoms with Crippen molar-refractivity contribution in [1.29, 1.82) is 5.26 Å². The highest BCUT2D eigenvalue weighted by Gasteiger charge is 2.18. The van der Waals surface area contributed by atoms with E-state index in [-0.39, 0.29) is 5.82 Å². The Balaban J connectivity index is 1.75. The second-order valence-electron chi connectivity index (χ2n) is 4.25. The maximum atomic E-state index is 9.12. The highest BCUT2D eigenvalue weighted by atomic mass is 32.2. The lowest BCUT2D eigenvalue weighted by Gasteiger charge is -2.10. The zero-order chi connectivity index (χ0) is 14.5. The summed E-state index contributed by atoms with van der Waals surface area (Å²) in [6, 6.07) is 10.3. The minimum absolute atomic E-state index is 0.281. The molecule has 2 heterocycles. The van der Waals surface area contributed by atoms with E-state index in [1.54, 1.807) is 6.20 Å². The molecule has 1 aliphatic rings. The summed E-state index contributed by atoms with van der Waals surface area (Å²) < 4.78 is 0.503. The van der Waals surface area contributed by atoms with Gasteiger partial charge in [-0.2, -0.15) is 10.5 Å². The maximum absolute atomic E-state index is 9.12. The Kier molecular flexibility index (Phi) is 4.43. The fraction of sp³-hybridized carbons (Fsp3) is 0.231. The highest BCUT2D eigenvalue weighted by molar-refractivity contribution is 8.19. The summed E-state index contributed by atoms with van der Waals surface area (Å²) in [5, 5.41) is 25.6. The van der Waals surface area contributed by atoms with Crippen LogP contribution in [0.2, 0.25) is 0 Å². The third-order valence-electron chi connectivity index (χ3n) is 2.87. The van der Waals surface area contributed by atoms with Crippen LogP contribution in [0.4, 0.5) is 5.69 Å². The van der Waals surface area contributed by atoms with Crippen molar-refractivity contribution in [2.75, 3.05) is 16.8 Å². The van der Waals surface area contributed by atoms with Crippen LogP contribution in [0, 0.1) is 11.3 Å². The van der Waals surface area contributed by atoms with Gasteiger partial charge in [0.2, 0.25) is 5.82 Å². The summed E-state index contributed by atoms with van der Waals surface area (Å²) in [4.78, 5) is 0. The number of benzene rings is 1. The second-order valence-corrected chi connectivity index (χ2v) is 6.97. The fourth-order valence-electron chi connectivity index (χ4n) is 1.90. The number of rotatable bonds is 4. The van der Waals surface area contributed by atoms with Crippen LogP contribution in [-0.2, 0) is 0 Å². The van der Waals surface area contributed by atoms with E-state index < -0.39 is 0 Å². The van der Waals surface area contributed by atoms with Crippen molar-refractivity contribution in [2.45, 2.75) is 4.58 Å². The number of nitrogens with zero attached hydrogens (tertiary/aromatic N) is 4. The maximum Gasteiger partial charge on any atom is 0.216 e. The third-order valence-corrected chi connectivity index (χ3v) is 5.97. The largest absolute Gasteiger partial charge is 0.360 e. The van der Waals surface area contributed by atoms with Gasteiger partial charge in [0.1, 0.15) is 11.6 Å². The molecule has 21 heavy (non-hydrogen) atoms. The van der Waals surface area contributed by atoms with Gasteiger partial charge in [0.05, 0.1) is 4.58 Å². The van der Waals surface area contributed by atoms with Gasteiger partial charge in [-0.1, -0.05) is 12.1 Å². The first-order chi connectivity index (χ1) is 10.4. The monoisotopic (exact) mass is 316 g/mol. The lowest BCUT2D eigenvalue weighted by atomic mass is 10.2. The molecule has 8 heteroatoms. The van der Waals surface area contributed by atoms with Crippen molar-refractivity contribution < 1.29 is 0 Å². The Bertz CT molecular complexity index is 670. The Morgan fingerprint density at radius 1 is 1.43 bits per heavy atom. The first-order valence-electron chi connectivity index (χ1n) is 6.30. The molecule has 6 nitrogen and oxygen atoms in total. The summed E-state index contributed by atoms with van der Waals surface area (Å²) in [6.07, 6.45) is 1.60. The first-order valence-corrected chi connectivity index (χ1v) is 8.40. The Morgan fingerprint density at radius 2 is 2.29 bits per heavy atom. The van der Waals surface area contributed by atoms with E-state index in [0.717, 1.165) is 5.69 Å². The molecule has 1 aromatic carbocycles. The van der Waals surface area contributed by atoms with E-state index >= 15 is 0 Å². The number of hydrogen-bond donors (Lipinski definition) is 2. The summed E-state index contributed by atoms with van der Waals surface area (Å²) in [5.41, 5.74) is 2.56. The quantitative estimate of drug-likeness (QED) is 0.838. The molecule has 0 spiro atoms. The lowest BCUT2D eigenvalue weighted by Crippen LogP contribution is -1.94. The molecular weight excluding hydrogens is 304 g/mol. The smallest absolute Gasteiger partial charge is 0.216 e. The Labute approximate surface area is 130 Å². The van der Waals surface area contributed by atoms with Gasteiger partial charge in [-0.25, -0.2) is 0 Å². The molecule has 0 bridgehead atoms. The molecule has 0 amide bonds. The van der Waals surface area contributed by atoms with E-state index in [4.69, 9.17) is 5.26 Å². The molecular formula is C13H12N6S2. The summed E-state index contributed by atoms with van der Waals surface area (Å²) in [7, 11) is 0. The van der Waals surface area contributed by atoms with Crippen LogP contribution in [0.1, 0.15) is 16.0 Å². The fourth-order valence-corrected chi connectivity index (χ4v) is 4.74. The van der Waals surface area contributed by atoms with Gasteiger partial charge < -0.3 is 5.32 Å². The molecule has 0 unspecified atom stereocenters. The zero-order valence-corrected chi connectivity index (χ0v) is 12.6. The minimum atomic E-state index is 0.281. The molecule has 2 N–H and O–H groups in total. The number of nitrogens with one attached hydrogen (secondary N) is 2. The number of anilines is 1. The number of thioether (sulfide) groups is 2. The van der Waals surface area contributed by atoms with Gasteiger partial charge in [0, 0.05) is 23.4 Å². The zero-order valence-electron chi connectivity index (χ0n) is 11.0. The molecule has 3 rings (SSSR count). The molecule has 0 atom stereocenters. The van der Waals surface area contributed by atoms with Crippen molar-refractivity contribution in [2.24, 2.45) is 0 Å². The summed E-state index contributed by atoms with van der Waals surface area (Å²) in [5.74, 6) is 2.68. The Morgan fingerprint density at radius 3 is 3.00 bits per heavy atom. The van der Waals surface area contributed by atoms with Crippen LogP contribution in [0.5, 0.6) is 0 Å². The van der Waals surface area contributed by atoms with Gasteiger partial charge >= 0.3 is 0 Å². The van der Waals surface area contributed by atoms with Crippen molar-refractivity contribution in [3.05, 3.63) is 41.9 Å². The topological polar surface area (TPSA) is 90.3 Å². The number of H-pyrrole nitrogens is 1. The van der Waals surface area contributed by atoms with Gasteiger partial charge in [-0.15, -0.1) is 33.7 Å². The summed E-state index contributed by atoms with van der Waals surface area (Å²) >= 11 is 3.93. The van der Waals surface area contributed by atoms with Crippen LogP contribution < -0.4 is 5.32 Å². The van der Waals surface area contributed by atoms with Gasteiger partial charge in [0.25, 0.3) is 0 Å². The minimum Gasteiger partial charge on any atom is -0.360 e. The summed E-state index contributed by atoms with van der Waals surface area (Å²) in [6.45, 7) is 0. The predicted octanol–water partition coefficient (Wildman–Crippen LogP) is 2.65. The van der Waals surface area contributed by atoms with Crippen LogP contribution >= 0.6 is 23.5 Å². The molecule has 1 fully saturated rings. The van der Waals surface area contributed by atoms with E-state index in [0.29, 0.717) is 10.2 Å². The molecule has 1 saturated heterocycles. The van der Waals surface area contributed by atoms with Gasteiger partial charge in [-0.05, 0) is 22.9 Å². The van der Waals surface area contributed by atoms with Crippen molar-refractivity contribution in [3.63, 3.8) is 0 Å². The molecule has 0 aliphatic carbocycles. The average molecular weight is 316 g/mol. The van der Waals surface area contributed by atoms with Gasteiger partial charge in [-0.3, -0.25) is 0 Å². The normalized spacial score (nSPS) is 15.9. The first kappa shape index (κ1) is 14.0. The number of tetrazole rings is 1. The molecule has 1 aromatic heterocycles. The molecule has 106 valence electrons. The number of aromatic amines is 1.